The lowest BCUT2D eigenvalue weighted by molar-refractivity contribution is 0.0695. The van der Waals surface area contributed by atoms with Crippen LogP contribution in [-0.4, -0.2) is 40.6 Å². The molecule has 16 heavy (non-hydrogen) atoms. The summed E-state index contributed by atoms with van der Waals surface area (Å²) in [5, 5.41) is 26.5. The molecule has 0 aliphatic carbocycles. The number of rotatable bonds is 6. The number of benzene rings is 1. The zero-order chi connectivity index (χ0) is 12.0. The molecule has 0 aliphatic rings. The summed E-state index contributed by atoms with van der Waals surface area (Å²) in [5.41, 5.74) is 0.184. The zero-order valence-corrected chi connectivity index (χ0v) is 8.67. The normalized spacial score (nSPS) is 12.1. The van der Waals surface area contributed by atoms with Gasteiger partial charge in [0.15, 0.2) is 0 Å². The number of hydrogen-bond acceptors (Lipinski definition) is 4. The fourth-order valence-corrected chi connectivity index (χ4v) is 1.12. The predicted molar refractivity (Wildman–Crippen MR) is 56.6 cm³/mol. The van der Waals surface area contributed by atoms with Crippen molar-refractivity contribution in [2.75, 3.05) is 13.2 Å². The highest BCUT2D eigenvalue weighted by molar-refractivity contribution is 5.87. The van der Waals surface area contributed by atoms with Gasteiger partial charge in [0, 0.05) is 6.61 Å². The minimum Gasteiger partial charge on any atom is -0.491 e. The van der Waals surface area contributed by atoms with Gasteiger partial charge < -0.3 is 20.1 Å². The van der Waals surface area contributed by atoms with Crippen LogP contribution in [0.2, 0.25) is 0 Å². The van der Waals surface area contributed by atoms with Gasteiger partial charge in [-0.05, 0) is 30.7 Å². The summed E-state index contributed by atoms with van der Waals surface area (Å²) in [5.74, 6) is -0.506. The molecule has 1 aromatic carbocycles. The first-order valence-corrected chi connectivity index (χ1v) is 4.88. The topological polar surface area (TPSA) is 87.0 Å². The second kappa shape index (κ2) is 6.09. The van der Waals surface area contributed by atoms with E-state index in [1.165, 1.54) is 24.3 Å². The molecule has 0 aromatic heterocycles. The average Bonchev–Trinajstić information content (AvgIpc) is 2.27. The first-order valence-electron chi connectivity index (χ1n) is 4.88. The Bertz CT molecular complexity index is 333. The Morgan fingerprint density at radius 3 is 2.44 bits per heavy atom. The first-order chi connectivity index (χ1) is 7.63. The number of carbonyl (C=O) groups is 1. The van der Waals surface area contributed by atoms with Crippen molar-refractivity contribution < 1.29 is 24.9 Å². The number of carboxylic acids is 1. The molecule has 5 nitrogen and oxygen atoms in total. The Hall–Kier alpha value is -1.59. The molecule has 0 bridgehead atoms. The van der Waals surface area contributed by atoms with Gasteiger partial charge in [0.2, 0.25) is 0 Å². The molecule has 0 heterocycles. The third-order valence-electron chi connectivity index (χ3n) is 2.01. The molecule has 0 aliphatic heterocycles. The summed E-state index contributed by atoms with van der Waals surface area (Å²) in [6.07, 6.45) is -0.461. The van der Waals surface area contributed by atoms with Crippen molar-refractivity contribution in [3.05, 3.63) is 29.8 Å². The van der Waals surface area contributed by atoms with Crippen molar-refractivity contribution in [1.29, 1.82) is 0 Å². The Labute approximate surface area is 92.9 Å². The molecule has 0 radical (unpaired) electrons. The van der Waals surface area contributed by atoms with Crippen LogP contribution in [0.3, 0.4) is 0 Å². The third kappa shape index (κ3) is 3.88. The molecule has 3 N–H and O–H groups in total. The van der Waals surface area contributed by atoms with E-state index in [4.69, 9.17) is 14.9 Å². The van der Waals surface area contributed by atoms with Crippen LogP contribution in [0, 0.1) is 0 Å². The van der Waals surface area contributed by atoms with Crippen molar-refractivity contribution in [3.8, 4) is 5.75 Å². The molecular weight excluding hydrogens is 212 g/mol. The largest absolute Gasteiger partial charge is 0.491 e. The molecule has 1 atom stereocenters. The van der Waals surface area contributed by atoms with E-state index in [0.29, 0.717) is 5.75 Å². The fraction of sp³-hybridized carbons (Fsp3) is 0.364. The molecule has 0 unspecified atom stereocenters. The summed E-state index contributed by atoms with van der Waals surface area (Å²) >= 11 is 0. The van der Waals surface area contributed by atoms with Gasteiger partial charge in [-0.2, -0.15) is 0 Å². The highest BCUT2D eigenvalue weighted by Gasteiger charge is 2.05. The third-order valence-corrected chi connectivity index (χ3v) is 2.01. The van der Waals surface area contributed by atoms with E-state index in [1.54, 1.807) is 0 Å². The Balaban J connectivity index is 2.46. The fourth-order valence-electron chi connectivity index (χ4n) is 1.12. The molecule has 0 amide bonds. The maximum Gasteiger partial charge on any atom is 0.335 e. The van der Waals surface area contributed by atoms with E-state index in [0.717, 1.165) is 0 Å². The number of hydrogen-bond donors (Lipinski definition) is 3. The highest BCUT2D eigenvalue weighted by atomic mass is 16.5. The lowest BCUT2D eigenvalue weighted by atomic mass is 10.2. The zero-order valence-electron chi connectivity index (χ0n) is 8.67. The van der Waals surface area contributed by atoms with Crippen molar-refractivity contribution in [2.45, 2.75) is 12.5 Å². The summed E-state index contributed by atoms with van der Waals surface area (Å²) in [6, 6.07) is 5.90. The van der Waals surface area contributed by atoms with E-state index >= 15 is 0 Å². The van der Waals surface area contributed by atoms with Crippen LogP contribution in [0.1, 0.15) is 16.8 Å². The second-order valence-corrected chi connectivity index (χ2v) is 3.31. The standard InChI is InChI=1S/C11H14O5/c12-6-5-9(13)7-16-10-3-1-8(2-4-10)11(14)15/h1-4,9,12-13H,5-7H2,(H,14,15)/t9-/m1/s1. The lowest BCUT2D eigenvalue weighted by Crippen LogP contribution is -2.18. The quantitative estimate of drug-likeness (QED) is 0.657. The van der Waals surface area contributed by atoms with Crippen LogP contribution in [0.25, 0.3) is 0 Å². The Morgan fingerprint density at radius 2 is 1.94 bits per heavy atom. The van der Waals surface area contributed by atoms with Gasteiger partial charge in [-0.1, -0.05) is 0 Å². The molecule has 88 valence electrons. The SMILES string of the molecule is O=C(O)c1ccc(OC[C@H](O)CCO)cc1. The van der Waals surface area contributed by atoms with Crippen molar-refractivity contribution in [3.63, 3.8) is 0 Å². The number of aliphatic hydroxyl groups is 2. The molecule has 1 rings (SSSR count). The summed E-state index contributed by atoms with van der Waals surface area (Å²) in [6.45, 7) is -0.0184. The van der Waals surface area contributed by atoms with Gasteiger partial charge in [0.05, 0.1) is 11.7 Å². The summed E-state index contributed by atoms with van der Waals surface area (Å²) in [4.78, 5) is 10.6. The highest BCUT2D eigenvalue weighted by Crippen LogP contribution is 2.12. The van der Waals surface area contributed by atoms with Crippen LogP contribution in [-0.2, 0) is 0 Å². The monoisotopic (exact) mass is 226 g/mol. The molecular formula is C11H14O5. The molecule has 0 spiro atoms. The van der Waals surface area contributed by atoms with Crippen LogP contribution in [0.4, 0.5) is 0 Å². The maximum absolute atomic E-state index is 10.6. The smallest absolute Gasteiger partial charge is 0.335 e. The average molecular weight is 226 g/mol. The minimum atomic E-state index is -0.994. The van der Waals surface area contributed by atoms with Crippen molar-refractivity contribution in [1.82, 2.24) is 0 Å². The van der Waals surface area contributed by atoms with Gasteiger partial charge in [-0.15, -0.1) is 0 Å². The lowest BCUT2D eigenvalue weighted by Gasteiger charge is -2.10. The predicted octanol–water partition coefficient (Wildman–Crippen LogP) is 0.507. The summed E-state index contributed by atoms with van der Waals surface area (Å²) in [7, 11) is 0. The molecule has 0 fully saturated rings. The van der Waals surface area contributed by atoms with E-state index in [1.807, 2.05) is 0 Å². The Morgan fingerprint density at radius 1 is 1.31 bits per heavy atom. The number of ether oxygens (including phenoxy) is 1. The van der Waals surface area contributed by atoms with Gasteiger partial charge in [0.25, 0.3) is 0 Å². The Kier molecular flexibility index (Phi) is 4.75. The first kappa shape index (κ1) is 12.5. The number of aromatic carboxylic acids is 1. The summed E-state index contributed by atoms with van der Waals surface area (Å²) < 4.78 is 5.20. The van der Waals surface area contributed by atoms with E-state index in [2.05, 4.69) is 0 Å². The van der Waals surface area contributed by atoms with Gasteiger partial charge >= 0.3 is 5.97 Å². The van der Waals surface area contributed by atoms with Crippen LogP contribution < -0.4 is 4.74 Å². The van der Waals surface area contributed by atoms with E-state index < -0.39 is 12.1 Å². The number of carboxylic acid groups (broad SMARTS) is 1. The van der Waals surface area contributed by atoms with Crippen LogP contribution in [0.15, 0.2) is 24.3 Å². The molecule has 1 aromatic rings. The molecule has 0 saturated heterocycles. The van der Waals surface area contributed by atoms with Crippen molar-refractivity contribution in [2.24, 2.45) is 0 Å². The van der Waals surface area contributed by atoms with Gasteiger partial charge in [0.1, 0.15) is 12.4 Å². The maximum atomic E-state index is 10.6. The minimum absolute atomic E-state index is 0.0764. The van der Waals surface area contributed by atoms with E-state index in [-0.39, 0.29) is 25.2 Å². The van der Waals surface area contributed by atoms with Crippen LogP contribution >= 0.6 is 0 Å². The second-order valence-electron chi connectivity index (χ2n) is 3.31. The van der Waals surface area contributed by atoms with Gasteiger partial charge in [-0.3, -0.25) is 0 Å². The molecule has 0 saturated carbocycles. The van der Waals surface area contributed by atoms with E-state index in [9.17, 15) is 9.90 Å². The molecule has 5 heteroatoms. The van der Waals surface area contributed by atoms with Crippen LogP contribution in [0.5, 0.6) is 5.75 Å². The van der Waals surface area contributed by atoms with Crippen molar-refractivity contribution >= 4 is 5.97 Å². The van der Waals surface area contributed by atoms with Gasteiger partial charge in [-0.25, -0.2) is 4.79 Å². The number of aliphatic hydroxyl groups excluding tert-OH is 2.